The highest BCUT2D eigenvalue weighted by atomic mass is 16.5. The maximum atomic E-state index is 11.9. The number of carbonyl (C=O) groups excluding carboxylic acids is 1. The largest absolute Gasteiger partial charge is 0.497 e. The van der Waals surface area contributed by atoms with Gasteiger partial charge in [-0.05, 0) is 57.6 Å². The highest BCUT2D eigenvalue weighted by molar-refractivity contribution is 5.70. The van der Waals surface area contributed by atoms with Crippen molar-refractivity contribution in [2.75, 3.05) is 34.4 Å². The number of benzene rings is 1. The van der Waals surface area contributed by atoms with Crippen LogP contribution in [-0.2, 0) is 14.9 Å². The molecule has 1 rings (SSSR count). The lowest BCUT2D eigenvalue weighted by atomic mass is 9.68. The van der Waals surface area contributed by atoms with E-state index in [-0.39, 0.29) is 18.3 Å². The molecule has 0 aliphatic carbocycles. The first-order chi connectivity index (χ1) is 11.4. The summed E-state index contributed by atoms with van der Waals surface area (Å²) >= 11 is 0. The van der Waals surface area contributed by atoms with Crippen molar-refractivity contribution in [3.05, 3.63) is 29.8 Å². The zero-order valence-electron chi connectivity index (χ0n) is 15.3. The molecule has 0 N–H and O–H groups in total. The topological polar surface area (TPSA) is 62.6 Å². The Bertz CT molecular complexity index is 580. The quantitative estimate of drug-likeness (QED) is 0.651. The average Bonchev–Trinajstić information content (AvgIpc) is 2.56. The summed E-state index contributed by atoms with van der Waals surface area (Å²) in [5.74, 6) is 0.270. The Labute approximate surface area is 145 Å². The number of hydrogen-bond donors (Lipinski definition) is 0. The molecular formula is C19H28N2O3. The summed E-state index contributed by atoms with van der Waals surface area (Å²) in [5, 5.41) is 10.1. The summed E-state index contributed by atoms with van der Waals surface area (Å²) in [7, 11) is 5.56. The zero-order chi connectivity index (χ0) is 18.2. The fourth-order valence-corrected chi connectivity index (χ4v) is 2.85. The fourth-order valence-electron chi connectivity index (χ4n) is 2.85. The number of methoxy groups -OCH3 is 1. The van der Waals surface area contributed by atoms with Crippen molar-refractivity contribution < 1.29 is 14.3 Å². The number of rotatable bonds is 9. The minimum Gasteiger partial charge on any atom is -0.497 e. The van der Waals surface area contributed by atoms with Gasteiger partial charge in [-0.25, -0.2) is 0 Å². The van der Waals surface area contributed by atoms with Gasteiger partial charge in [-0.1, -0.05) is 19.1 Å². The van der Waals surface area contributed by atoms with Gasteiger partial charge in [0, 0.05) is 6.42 Å². The van der Waals surface area contributed by atoms with Crippen LogP contribution in [0.3, 0.4) is 0 Å². The maximum Gasteiger partial charge on any atom is 0.306 e. The van der Waals surface area contributed by atoms with Crippen molar-refractivity contribution in [2.45, 2.75) is 32.1 Å². The number of nitriles is 1. The zero-order valence-corrected chi connectivity index (χ0v) is 15.3. The van der Waals surface area contributed by atoms with Crippen LogP contribution in [0, 0.1) is 17.2 Å². The van der Waals surface area contributed by atoms with Crippen LogP contribution in [-0.4, -0.2) is 45.2 Å². The molecule has 0 heterocycles. The van der Waals surface area contributed by atoms with Crippen LogP contribution in [0.15, 0.2) is 24.3 Å². The minimum atomic E-state index is -0.772. The molecule has 0 saturated carbocycles. The van der Waals surface area contributed by atoms with Crippen LogP contribution in [0.5, 0.6) is 5.75 Å². The Kier molecular flexibility index (Phi) is 7.73. The Hall–Kier alpha value is -2.06. The predicted octanol–water partition coefficient (Wildman–Crippen LogP) is 3.00. The summed E-state index contributed by atoms with van der Waals surface area (Å²) in [6.45, 7) is 4.82. The van der Waals surface area contributed by atoms with Crippen LogP contribution in [0.1, 0.15) is 32.3 Å². The van der Waals surface area contributed by atoms with Crippen molar-refractivity contribution in [1.82, 2.24) is 4.90 Å². The van der Waals surface area contributed by atoms with Gasteiger partial charge in [0.25, 0.3) is 0 Å². The van der Waals surface area contributed by atoms with E-state index >= 15 is 0 Å². The summed E-state index contributed by atoms with van der Waals surface area (Å²) in [6.07, 6.45) is 0.844. The second kappa shape index (κ2) is 9.29. The van der Waals surface area contributed by atoms with Crippen molar-refractivity contribution >= 4 is 5.97 Å². The van der Waals surface area contributed by atoms with Crippen molar-refractivity contribution in [2.24, 2.45) is 5.92 Å². The molecule has 5 heteroatoms. The van der Waals surface area contributed by atoms with E-state index in [1.807, 2.05) is 50.2 Å². The Morgan fingerprint density at radius 1 is 1.42 bits per heavy atom. The normalized spacial score (nSPS) is 14.5. The third kappa shape index (κ3) is 4.97. The van der Waals surface area contributed by atoms with E-state index in [1.165, 1.54) is 0 Å². The average molecular weight is 332 g/mol. The van der Waals surface area contributed by atoms with Crippen LogP contribution >= 0.6 is 0 Å². The van der Waals surface area contributed by atoms with Crippen LogP contribution in [0.25, 0.3) is 0 Å². The van der Waals surface area contributed by atoms with E-state index in [0.717, 1.165) is 12.1 Å². The number of carbonyl (C=O) groups is 1. The number of nitrogens with zero attached hydrogens (tertiary/aromatic N) is 2. The molecule has 0 bridgehead atoms. The van der Waals surface area contributed by atoms with Crippen molar-refractivity contribution in [3.8, 4) is 11.8 Å². The fraction of sp³-hybridized carbons (Fsp3) is 0.579. The lowest BCUT2D eigenvalue weighted by Crippen LogP contribution is -2.37. The van der Waals surface area contributed by atoms with Gasteiger partial charge in [0.15, 0.2) is 0 Å². The molecule has 0 spiro atoms. The first-order valence-electron chi connectivity index (χ1n) is 8.25. The summed E-state index contributed by atoms with van der Waals surface area (Å²) in [5.41, 5.74) is 0.106. The van der Waals surface area contributed by atoms with Gasteiger partial charge in [0.1, 0.15) is 5.75 Å². The van der Waals surface area contributed by atoms with E-state index < -0.39 is 5.41 Å². The molecular weight excluding hydrogens is 304 g/mol. The highest BCUT2D eigenvalue weighted by Crippen LogP contribution is 2.39. The van der Waals surface area contributed by atoms with Crippen LogP contribution in [0.4, 0.5) is 0 Å². The molecule has 2 atom stereocenters. The molecule has 0 radical (unpaired) electrons. The van der Waals surface area contributed by atoms with E-state index in [1.54, 1.807) is 14.0 Å². The lowest BCUT2D eigenvalue weighted by molar-refractivity contribution is -0.144. The summed E-state index contributed by atoms with van der Waals surface area (Å²) < 4.78 is 10.4. The minimum absolute atomic E-state index is 0.173. The van der Waals surface area contributed by atoms with Crippen LogP contribution < -0.4 is 4.74 Å². The lowest BCUT2D eigenvalue weighted by Gasteiger charge is -2.34. The maximum absolute atomic E-state index is 11.9. The molecule has 0 saturated heterocycles. The van der Waals surface area contributed by atoms with E-state index in [9.17, 15) is 10.1 Å². The van der Waals surface area contributed by atoms with Gasteiger partial charge in [0.2, 0.25) is 0 Å². The smallest absolute Gasteiger partial charge is 0.306 e. The molecule has 24 heavy (non-hydrogen) atoms. The van der Waals surface area contributed by atoms with E-state index in [2.05, 4.69) is 6.07 Å². The number of hydrogen-bond acceptors (Lipinski definition) is 5. The van der Waals surface area contributed by atoms with E-state index in [0.29, 0.717) is 18.8 Å². The SMILES string of the molecule is CCOC(=O)CC(C)C(C#N)(CCN(C)C)c1cccc(OC)c1. The molecule has 0 aliphatic heterocycles. The van der Waals surface area contributed by atoms with Gasteiger partial charge in [-0.15, -0.1) is 0 Å². The first-order valence-corrected chi connectivity index (χ1v) is 8.25. The van der Waals surface area contributed by atoms with Crippen molar-refractivity contribution in [3.63, 3.8) is 0 Å². The molecule has 1 aromatic rings. The van der Waals surface area contributed by atoms with E-state index in [4.69, 9.17) is 9.47 Å². The molecule has 5 nitrogen and oxygen atoms in total. The van der Waals surface area contributed by atoms with Crippen molar-refractivity contribution in [1.29, 1.82) is 5.26 Å². The van der Waals surface area contributed by atoms with Crippen LogP contribution in [0.2, 0.25) is 0 Å². The third-order valence-corrected chi connectivity index (χ3v) is 4.36. The number of ether oxygens (including phenoxy) is 2. The van der Waals surface area contributed by atoms with Gasteiger partial charge in [-0.2, -0.15) is 5.26 Å². The number of esters is 1. The molecule has 132 valence electrons. The molecule has 0 aromatic heterocycles. The van der Waals surface area contributed by atoms with Gasteiger partial charge in [0.05, 0.1) is 25.2 Å². The predicted molar refractivity (Wildman–Crippen MR) is 93.9 cm³/mol. The van der Waals surface area contributed by atoms with Gasteiger partial charge >= 0.3 is 5.97 Å². The second-order valence-corrected chi connectivity index (χ2v) is 6.28. The summed E-state index contributed by atoms with van der Waals surface area (Å²) in [6, 6.07) is 10.1. The standard InChI is InChI=1S/C19H28N2O3/c1-6-24-18(22)12-15(2)19(14-20,10-11-21(3)4)16-8-7-9-17(13-16)23-5/h7-9,13,15H,6,10-12H2,1-5H3. The Balaban J connectivity index is 3.22. The first kappa shape index (κ1) is 20.0. The summed E-state index contributed by atoms with van der Waals surface area (Å²) in [4.78, 5) is 14.0. The second-order valence-electron chi connectivity index (χ2n) is 6.28. The molecule has 0 fully saturated rings. The monoisotopic (exact) mass is 332 g/mol. The third-order valence-electron chi connectivity index (χ3n) is 4.36. The van der Waals surface area contributed by atoms with Gasteiger partial charge < -0.3 is 14.4 Å². The molecule has 1 aromatic carbocycles. The Morgan fingerprint density at radius 3 is 2.67 bits per heavy atom. The molecule has 0 aliphatic rings. The highest BCUT2D eigenvalue weighted by Gasteiger charge is 2.39. The van der Waals surface area contributed by atoms with Gasteiger partial charge in [-0.3, -0.25) is 4.79 Å². The molecule has 0 amide bonds. The Morgan fingerprint density at radius 2 is 2.12 bits per heavy atom. The molecule has 2 unspecified atom stereocenters.